The summed E-state index contributed by atoms with van der Waals surface area (Å²) in [6.45, 7) is 1.87. The molecule has 4 heteroatoms. The van der Waals surface area contributed by atoms with Crippen molar-refractivity contribution in [3.8, 4) is 0 Å². The van der Waals surface area contributed by atoms with Gasteiger partial charge in [0.2, 0.25) is 0 Å². The first kappa shape index (κ1) is 7.81. The molecular formula is C7H11N3O. The summed E-state index contributed by atoms with van der Waals surface area (Å²) >= 11 is 0. The molecule has 60 valence electrons. The summed E-state index contributed by atoms with van der Waals surface area (Å²) in [6, 6.07) is 1.86. The van der Waals surface area contributed by atoms with Gasteiger partial charge in [-0.3, -0.25) is 4.99 Å². The second-order valence-electron chi connectivity index (χ2n) is 2.16. The summed E-state index contributed by atoms with van der Waals surface area (Å²) in [7, 11) is 1.66. The SMILES string of the molecule is CN=C(NN)c1coc(C)c1. The van der Waals surface area contributed by atoms with Crippen LogP contribution in [0.2, 0.25) is 0 Å². The molecule has 0 unspecified atom stereocenters. The molecule has 0 aliphatic rings. The van der Waals surface area contributed by atoms with Gasteiger partial charge in [-0.25, -0.2) is 5.84 Å². The number of aryl methyl sites for hydroxylation is 1. The van der Waals surface area contributed by atoms with E-state index in [1.165, 1.54) is 0 Å². The van der Waals surface area contributed by atoms with Crippen molar-refractivity contribution in [3.05, 3.63) is 23.7 Å². The van der Waals surface area contributed by atoms with Gasteiger partial charge in [-0.1, -0.05) is 0 Å². The molecule has 1 heterocycles. The normalized spacial score (nSPS) is 11.7. The zero-order valence-electron chi connectivity index (χ0n) is 6.59. The van der Waals surface area contributed by atoms with E-state index in [0.717, 1.165) is 11.3 Å². The van der Waals surface area contributed by atoms with Crippen molar-refractivity contribution >= 4 is 5.84 Å². The van der Waals surface area contributed by atoms with Crippen molar-refractivity contribution in [2.24, 2.45) is 10.8 Å². The number of aliphatic imine (C=N–C) groups is 1. The summed E-state index contributed by atoms with van der Waals surface area (Å²) in [5.74, 6) is 6.67. The van der Waals surface area contributed by atoms with Gasteiger partial charge in [-0.2, -0.15) is 0 Å². The van der Waals surface area contributed by atoms with E-state index >= 15 is 0 Å². The van der Waals surface area contributed by atoms with Gasteiger partial charge in [-0.05, 0) is 13.0 Å². The molecule has 1 rings (SSSR count). The summed E-state index contributed by atoms with van der Waals surface area (Å²) in [5, 5.41) is 0. The third-order valence-electron chi connectivity index (χ3n) is 1.36. The molecule has 0 fully saturated rings. The van der Waals surface area contributed by atoms with E-state index in [9.17, 15) is 0 Å². The number of rotatable bonds is 1. The van der Waals surface area contributed by atoms with Gasteiger partial charge >= 0.3 is 0 Å². The molecule has 1 aromatic rings. The minimum atomic E-state index is 0.627. The van der Waals surface area contributed by atoms with Gasteiger partial charge in [0.25, 0.3) is 0 Å². The second kappa shape index (κ2) is 3.21. The average molecular weight is 153 g/mol. The van der Waals surface area contributed by atoms with Crippen molar-refractivity contribution in [1.82, 2.24) is 5.43 Å². The molecule has 3 N–H and O–H groups in total. The topological polar surface area (TPSA) is 63.5 Å². The molecule has 0 aliphatic carbocycles. The molecule has 0 bridgehead atoms. The van der Waals surface area contributed by atoms with Crippen LogP contribution < -0.4 is 11.3 Å². The number of nitrogens with one attached hydrogen (secondary N) is 1. The minimum absolute atomic E-state index is 0.627. The summed E-state index contributed by atoms with van der Waals surface area (Å²) in [5.41, 5.74) is 3.34. The smallest absolute Gasteiger partial charge is 0.145 e. The molecular weight excluding hydrogens is 142 g/mol. The van der Waals surface area contributed by atoms with Gasteiger partial charge in [-0.15, -0.1) is 0 Å². The molecule has 4 nitrogen and oxygen atoms in total. The van der Waals surface area contributed by atoms with E-state index in [-0.39, 0.29) is 0 Å². The van der Waals surface area contributed by atoms with Gasteiger partial charge in [0, 0.05) is 7.05 Å². The van der Waals surface area contributed by atoms with Crippen LogP contribution in [0.3, 0.4) is 0 Å². The Balaban J connectivity index is 2.91. The van der Waals surface area contributed by atoms with Crippen LogP contribution in [0.25, 0.3) is 0 Å². The van der Waals surface area contributed by atoms with Crippen molar-refractivity contribution < 1.29 is 4.42 Å². The summed E-state index contributed by atoms with van der Waals surface area (Å²) in [4.78, 5) is 3.91. The van der Waals surface area contributed by atoms with Crippen LogP contribution >= 0.6 is 0 Å². The second-order valence-corrected chi connectivity index (χ2v) is 2.16. The van der Waals surface area contributed by atoms with Crippen LogP contribution in [0, 0.1) is 6.92 Å². The van der Waals surface area contributed by atoms with E-state index in [1.807, 2.05) is 13.0 Å². The number of amidine groups is 1. The quantitative estimate of drug-likeness (QED) is 0.266. The molecule has 0 amide bonds. The summed E-state index contributed by atoms with van der Waals surface area (Å²) in [6.07, 6.45) is 1.61. The summed E-state index contributed by atoms with van der Waals surface area (Å²) < 4.78 is 5.07. The highest BCUT2D eigenvalue weighted by Gasteiger charge is 2.02. The molecule has 0 radical (unpaired) electrons. The third kappa shape index (κ3) is 1.59. The Morgan fingerprint density at radius 1 is 1.73 bits per heavy atom. The maximum atomic E-state index is 5.20. The Morgan fingerprint density at radius 3 is 2.82 bits per heavy atom. The predicted molar refractivity (Wildman–Crippen MR) is 43.2 cm³/mol. The number of nitrogens with zero attached hydrogens (tertiary/aromatic N) is 1. The van der Waals surface area contributed by atoms with Gasteiger partial charge in [0.1, 0.15) is 17.9 Å². The number of hydrogen-bond donors (Lipinski definition) is 2. The van der Waals surface area contributed by atoms with Crippen molar-refractivity contribution in [2.45, 2.75) is 6.92 Å². The highest BCUT2D eigenvalue weighted by atomic mass is 16.3. The number of hydrogen-bond acceptors (Lipinski definition) is 3. The van der Waals surface area contributed by atoms with Crippen LogP contribution in [-0.2, 0) is 0 Å². The van der Waals surface area contributed by atoms with Crippen LogP contribution in [0.1, 0.15) is 11.3 Å². The fraction of sp³-hybridized carbons (Fsp3) is 0.286. The Hall–Kier alpha value is -1.29. The number of furan rings is 1. The molecule has 0 saturated carbocycles. The lowest BCUT2D eigenvalue weighted by Gasteiger charge is -1.98. The Kier molecular flexibility index (Phi) is 2.28. The predicted octanol–water partition coefficient (Wildman–Crippen LogP) is 0.428. The van der Waals surface area contributed by atoms with E-state index in [1.54, 1.807) is 13.3 Å². The van der Waals surface area contributed by atoms with Crippen LogP contribution in [0.15, 0.2) is 21.7 Å². The van der Waals surface area contributed by atoms with Gasteiger partial charge < -0.3 is 9.84 Å². The zero-order chi connectivity index (χ0) is 8.27. The van der Waals surface area contributed by atoms with E-state index in [4.69, 9.17) is 10.3 Å². The minimum Gasteiger partial charge on any atom is -0.469 e. The Bertz CT molecular complexity index is 264. The molecule has 0 atom stereocenters. The third-order valence-corrected chi connectivity index (χ3v) is 1.36. The van der Waals surface area contributed by atoms with Gasteiger partial charge in [0.05, 0.1) is 5.56 Å². The van der Waals surface area contributed by atoms with E-state index in [2.05, 4.69) is 10.4 Å². The maximum absolute atomic E-state index is 5.20. The largest absolute Gasteiger partial charge is 0.469 e. The zero-order valence-corrected chi connectivity index (χ0v) is 6.59. The molecule has 11 heavy (non-hydrogen) atoms. The maximum Gasteiger partial charge on any atom is 0.145 e. The number of nitrogens with two attached hydrogens (primary N) is 1. The molecule has 0 aliphatic heterocycles. The van der Waals surface area contributed by atoms with E-state index in [0.29, 0.717) is 5.84 Å². The Labute approximate surface area is 65.1 Å². The molecule has 0 aromatic carbocycles. The lowest BCUT2D eigenvalue weighted by Crippen LogP contribution is -2.30. The van der Waals surface area contributed by atoms with Crippen LogP contribution in [-0.4, -0.2) is 12.9 Å². The van der Waals surface area contributed by atoms with Crippen molar-refractivity contribution in [2.75, 3.05) is 7.05 Å². The fourth-order valence-corrected chi connectivity index (χ4v) is 0.845. The highest BCUT2D eigenvalue weighted by Crippen LogP contribution is 2.05. The van der Waals surface area contributed by atoms with E-state index < -0.39 is 0 Å². The molecule has 1 aromatic heterocycles. The molecule has 0 saturated heterocycles. The fourth-order valence-electron chi connectivity index (χ4n) is 0.845. The standard InChI is InChI=1S/C7H11N3O/c1-5-3-6(4-11-5)7(9-2)10-8/h3-4H,8H2,1-2H3,(H,9,10). The first-order valence-electron chi connectivity index (χ1n) is 3.27. The lowest BCUT2D eigenvalue weighted by molar-refractivity contribution is 0.533. The van der Waals surface area contributed by atoms with Crippen molar-refractivity contribution in [1.29, 1.82) is 0 Å². The molecule has 0 spiro atoms. The monoisotopic (exact) mass is 153 g/mol. The van der Waals surface area contributed by atoms with Crippen LogP contribution in [0.4, 0.5) is 0 Å². The number of hydrazine groups is 1. The Morgan fingerprint density at radius 2 is 2.45 bits per heavy atom. The highest BCUT2D eigenvalue weighted by molar-refractivity contribution is 5.98. The first-order valence-corrected chi connectivity index (χ1v) is 3.27. The average Bonchev–Trinajstić information content (AvgIpc) is 2.39. The first-order chi connectivity index (χ1) is 5.27. The van der Waals surface area contributed by atoms with Crippen LogP contribution in [0.5, 0.6) is 0 Å². The lowest BCUT2D eigenvalue weighted by atomic mass is 10.3. The van der Waals surface area contributed by atoms with Crippen molar-refractivity contribution in [3.63, 3.8) is 0 Å². The van der Waals surface area contributed by atoms with Gasteiger partial charge in [0.15, 0.2) is 0 Å².